The van der Waals surface area contributed by atoms with E-state index in [9.17, 15) is 8.42 Å². The van der Waals surface area contributed by atoms with Gasteiger partial charge in [0.1, 0.15) is 0 Å². The molecule has 1 aliphatic heterocycles. The van der Waals surface area contributed by atoms with Crippen molar-refractivity contribution >= 4 is 9.84 Å². The second kappa shape index (κ2) is 5.25. The molecular formula is C15H30N2O2S. The van der Waals surface area contributed by atoms with Gasteiger partial charge in [0.25, 0.3) is 0 Å². The molecule has 5 heteroatoms. The quantitative estimate of drug-likeness (QED) is 0.861. The summed E-state index contributed by atoms with van der Waals surface area (Å²) in [6.45, 7) is 7.54. The predicted octanol–water partition coefficient (Wildman–Crippen LogP) is 1.65. The lowest BCUT2D eigenvalue weighted by Gasteiger charge is -2.53. The summed E-state index contributed by atoms with van der Waals surface area (Å²) in [5.74, 6) is 1.28. The summed E-state index contributed by atoms with van der Waals surface area (Å²) in [4.78, 5) is 2.31. The average Bonchev–Trinajstić information content (AvgIpc) is 2.65. The lowest BCUT2D eigenvalue weighted by Crippen LogP contribution is -2.60. The Morgan fingerprint density at radius 3 is 2.40 bits per heavy atom. The minimum Gasteiger partial charge on any atom is -0.329 e. The molecular weight excluding hydrogens is 272 g/mol. The molecule has 1 saturated carbocycles. The first-order chi connectivity index (χ1) is 9.09. The molecule has 0 bridgehead atoms. The van der Waals surface area contributed by atoms with Gasteiger partial charge in [0.05, 0.1) is 11.5 Å². The van der Waals surface area contributed by atoms with Crippen molar-refractivity contribution in [3.63, 3.8) is 0 Å². The lowest BCUT2D eigenvalue weighted by atomic mass is 9.63. The van der Waals surface area contributed by atoms with E-state index in [1.165, 1.54) is 6.42 Å². The maximum Gasteiger partial charge on any atom is 0.151 e. The van der Waals surface area contributed by atoms with Crippen LogP contribution < -0.4 is 5.73 Å². The van der Waals surface area contributed by atoms with Crippen molar-refractivity contribution in [3.8, 4) is 0 Å². The molecule has 0 radical (unpaired) electrons. The Balaban J connectivity index is 2.22. The van der Waals surface area contributed by atoms with Crippen LogP contribution in [0.1, 0.15) is 46.5 Å². The third-order valence-electron chi connectivity index (χ3n) is 5.32. The summed E-state index contributed by atoms with van der Waals surface area (Å²) in [6, 6.07) is 0.143. The van der Waals surface area contributed by atoms with Gasteiger partial charge in [-0.1, -0.05) is 20.8 Å². The minimum absolute atomic E-state index is 0.0360. The van der Waals surface area contributed by atoms with E-state index in [0.717, 1.165) is 19.3 Å². The van der Waals surface area contributed by atoms with Gasteiger partial charge in [-0.15, -0.1) is 0 Å². The topological polar surface area (TPSA) is 63.4 Å². The maximum absolute atomic E-state index is 11.8. The first-order valence-electron chi connectivity index (χ1n) is 7.73. The highest BCUT2D eigenvalue weighted by Crippen LogP contribution is 2.46. The Bertz CT molecular complexity index is 460. The first-order valence-corrected chi connectivity index (χ1v) is 9.55. The smallest absolute Gasteiger partial charge is 0.151 e. The molecule has 0 spiro atoms. The molecule has 1 saturated heterocycles. The Hall–Kier alpha value is -0.130. The van der Waals surface area contributed by atoms with Crippen molar-refractivity contribution in [3.05, 3.63) is 0 Å². The molecule has 0 aromatic heterocycles. The van der Waals surface area contributed by atoms with E-state index in [0.29, 0.717) is 24.0 Å². The highest BCUT2D eigenvalue weighted by atomic mass is 32.2. The maximum atomic E-state index is 11.8. The monoisotopic (exact) mass is 302 g/mol. The molecule has 1 heterocycles. The van der Waals surface area contributed by atoms with Gasteiger partial charge >= 0.3 is 0 Å². The van der Waals surface area contributed by atoms with Crippen LogP contribution in [0.15, 0.2) is 0 Å². The number of nitrogens with zero attached hydrogens (tertiary/aromatic N) is 1. The number of rotatable bonds is 3. The summed E-state index contributed by atoms with van der Waals surface area (Å²) in [5, 5.41) is 0. The van der Waals surface area contributed by atoms with E-state index in [4.69, 9.17) is 5.73 Å². The van der Waals surface area contributed by atoms with Gasteiger partial charge in [-0.2, -0.15) is 0 Å². The van der Waals surface area contributed by atoms with Crippen LogP contribution in [0.2, 0.25) is 0 Å². The van der Waals surface area contributed by atoms with Crippen molar-refractivity contribution in [2.45, 2.75) is 58.0 Å². The van der Waals surface area contributed by atoms with E-state index in [-0.39, 0.29) is 17.0 Å². The summed E-state index contributed by atoms with van der Waals surface area (Å²) < 4.78 is 23.5. The first kappa shape index (κ1) is 16.2. The molecule has 3 unspecified atom stereocenters. The van der Waals surface area contributed by atoms with Crippen LogP contribution in [0.5, 0.6) is 0 Å². The molecule has 2 rings (SSSR count). The van der Waals surface area contributed by atoms with Crippen LogP contribution in [0.25, 0.3) is 0 Å². The molecule has 1 aliphatic carbocycles. The fourth-order valence-corrected chi connectivity index (χ4v) is 6.51. The Morgan fingerprint density at radius 2 is 1.95 bits per heavy atom. The van der Waals surface area contributed by atoms with Crippen LogP contribution in [0, 0.1) is 11.3 Å². The summed E-state index contributed by atoms with van der Waals surface area (Å²) >= 11 is 0. The van der Waals surface area contributed by atoms with Crippen molar-refractivity contribution in [2.24, 2.45) is 17.1 Å². The van der Waals surface area contributed by atoms with E-state index < -0.39 is 9.84 Å². The fourth-order valence-electron chi connectivity index (χ4n) is 4.74. The van der Waals surface area contributed by atoms with Gasteiger partial charge in [-0.25, -0.2) is 8.42 Å². The standard InChI is InChI=1S/C15H30N2O2S/c1-12-7-14(2,3)10-15(8-12,11-16)17(4)13-5-6-20(18,19)9-13/h12-13H,5-11,16H2,1-4H3. The molecule has 118 valence electrons. The molecule has 0 amide bonds. The van der Waals surface area contributed by atoms with Crippen molar-refractivity contribution < 1.29 is 8.42 Å². The summed E-state index contributed by atoms with van der Waals surface area (Å²) in [5.41, 5.74) is 6.41. The van der Waals surface area contributed by atoms with Gasteiger partial charge in [-0.3, -0.25) is 4.90 Å². The predicted molar refractivity (Wildman–Crippen MR) is 83.4 cm³/mol. The normalized spacial score (nSPS) is 40.1. The Labute approximate surface area is 124 Å². The molecule has 20 heavy (non-hydrogen) atoms. The van der Waals surface area contributed by atoms with Gasteiger partial charge < -0.3 is 5.73 Å². The number of sulfone groups is 1. The van der Waals surface area contributed by atoms with Gasteiger partial charge in [-0.05, 0) is 44.1 Å². The molecule has 2 aliphatic rings. The van der Waals surface area contributed by atoms with Crippen molar-refractivity contribution in [2.75, 3.05) is 25.1 Å². The SMILES string of the molecule is CC1CC(C)(C)CC(CN)(N(C)C2CCS(=O)(=O)C2)C1. The summed E-state index contributed by atoms with van der Waals surface area (Å²) in [6.07, 6.45) is 4.13. The largest absolute Gasteiger partial charge is 0.329 e. The van der Waals surface area contributed by atoms with E-state index in [1.807, 2.05) is 0 Å². The highest BCUT2D eigenvalue weighted by molar-refractivity contribution is 7.91. The van der Waals surface area contributed by atoms with Crippen molar-refractivity contribution in [1.29, 1.82) is 0 Å². The zero-order valence-electron chi connectivity index (χ0n) is 13.4. The van der Waals surface area contributed by atoms with Crippen LogP contribution in [-0.2, 0) is 9.84 Å². The second-order valence-corrected chi connectivity index (χ2v) is 10.2. The van der Waals surface area contributed by atoms with E-state index in [2.05, 4.69) is 32.7 Å². The van der Waals surface area contributed by atoms with E-state index in [1.54, 1.807) is 0 Å². The lowest BCUT2D eigenvalue weighted by molar-refractivity contribution is -0.0146. The van der Waals surface area contributed by atoms with Crippen LogP contribution in [0.3, 0.4) is 0 Å². The number of likely N-dealkylation sites (N-methyl/N-ethyl adjacent to an activating group) is 1. The van der Waals surface area contributed by atoms with Crippen LogP contribution in [0.4, 0.5) is 0 Å². The number of hydrogen-bond donors (Lipinski definition) is 1. The third kappa shape index (κ3) is 3.20. The van der Waals surface area contributed by atoms with Crippen LogP contribution in [-0.4, -0.2) is 50.0 Å². The number of nitrogens with two attached hydrogens (primary N) is 1. The van der Waals surface area contributed by atoms with Gasteiger partial charge in [0.2, 0.25) is 0 Å². The average molecular weight is 302 g/mol. The van der Waals surface area contributed by atoms with E-state index >= 15 is 0 Å². The molecule has 4 nitrogen and oxygen atoms in total. The minimum atomic E-state index is -2.84. The van der Waals surface area contributed by atoms with Gasteiger partial charge in [0.15, 0.2) is 9.84 Å². The zero-order chi connectivity index (χ0) is 15.2. The Morgan fingerprint density at radius 1 is 1.30 bits per heavy atom. The fraction of sp³-hybridized carbons (Fsp3) is 1.00. The third-order valence-corrected chi connectivity index (χ3v) is 7.07. The highest BCUT2D eigenvalue weighted by Gasteiger charge is 2.47. The molecule has 0 aromatic carbocycles. The number of hydrogen-bond acceptors (Lipinski definition) is 4. The Kier molecular flexibility index (Phi) is 4.27. The molecule has 2 fully saturated rings. The van der Waals surface area contributed by atoms with Crippen LogP contribution >= 0.6 is 0 Å². The molecule has 2 N–H and O–H groups in total. The second-order valence-electron chi connectivity index (χ2n) is 7.95. The zero-order valence-corrected chi connectivity index (χ0v) is 14.2. The molecule has 0 aromatic rings. The summed E-state index contributed by atoms with van der Waals surface area (Å²) in [7, 11) is -0.749. The molecule has 3 atom stereocenters. The van der Waals surface area contributed by atoms with Crippen molar-refractivity contribution in [1.82, 2.24) is 4.90 Å². The van der Waals surface area contributed by atoms with Gasteiger partial charge in [0, 0.05) is 18.1 Å².